The Kier molecular flexibility index (Phi) is 8.07. The molecule has 1 saturated carbocycles. The summed E-state index contributed by atoms with van der Waals surface area (Å²) >= 11 is 3.58. The maximum atomic E-state index is 12.9. The smallest absolute Gasteiger partial charge is 0.240 e. The number of hydrogen-bond donors (Lipinski definition) is 1. The van der Waals surface area contributed by atoms with Crippen molar-refractivity contribution in [2.24, 2.45) is 0 Å². The van der Waals surface area contributed by atoms with Crippen molar-refractivity contribution in [3.63, 3.8) is 0 Å². The summed E-state index contributed by atoms with van der Waals surface area (Å²) in [5, 5.41) is 0.987. The summed E-state index contributed by atoms with van der Waals surface area (Å²) in [4.78, 5) is 5.04. The molecule has 2 atom stereocenters. The predicted octanol–water partition coefficient (Wildman–Crippen LogP) is 5.70. The van der Waals surface area contributed by atoms with Gasteiger partial charge in [-0.15, -0.1) is 0 Å². The van der Waals surface area contributed by atoms with Gasteiger partial charge in [0.05, 0.1) is 15.4 Å². The van der Waals surface area contributed by atoms with Gasteiger partial charge in [-0.25, -0.2) is 13.1 Å². The number of pyridine rings is 1. The maximum Gasteiger partial charge on any atom is 0.240 e. The molecule has 2 heterocycles. The molecule has 0 bridgehead atoms. The zero-order chi connectivity index (χ0) is 25.2. The number of hydrogen-bond acceptors (Lipinski definition) is 5. The van der Waals surface area contributed by atoms with Crippen LogP contribution in [0.15, 0.2) is 52.0 Å². The fourth-order valence-corrected chi connectivity index (χ4v) is 6.61. The Labute approximate surface area is 217 Å². The molecule has 0 aliphatic heterocycles. The van der Waals surface area contributed by atoms with Crippen molar-refractivity contribution in [1.82, 2.24) is 14.3 Å². The first-order chi connectivity index (χ1) is 16.5. The third kappa shape index (κ3) is 6.74. The molecule has 4 rings (SSSR count). The first kappa shape index (κ1) is 26.3. The van der Waals surface area contributed by atoms with E-state index >= 15 is 0 Å². The Morgan fingerprint density at radius 3 is 2.63 bits per heavy atom. The van der Waals surface area contributed by atoms with E-state index in [0.29, 0.717) is 12.6 Å². The minimum Gasteiger partial charge on any atom is -0.472 e. The average Bonchev–Trinajstić information content (AvgIpc) is 3.37. The molecule has 10 heteroatoms. The normalized spacial score (nSPS) is 18.9. The quantitative estimate of drug-likeness (QED) is 0.246. The van der Waals surface area contributed by atoms with Crippen molar-refractivity contribution in [2.75, 3.05) is 6.61 Å². The van der Waals surface area contributed by atoms with Crippen molar-refractivity contribution >= 4 is 45.1 Å². The van der Waals surface area contributed by atoms with E-state index in [9.17, 15) is 8.42 Å². The number of fused-ring (bicyclic) bond motifs is 1. The number of nitrogens with one attached hydrogen (secondary N) is 1. The summed E-state index contributed by atoms with van der Waals surface area (Å²) in [6.45, 7) is 10.1. The SMILES string of the molecule is Cc1ccc(S(=O)(=O)NC2CCCC2Oc2nc3c(ccn3COCC[Si](C)(C)C)cc2Br)cc1. The first-order valence-corrected chi connectivity index (χ1v) is 18.0. The molecule has 1 aliphatic carbocycles. The van der Waals surface area contributed by atoms with Crippen LogP contribution in [0.5, 0.6) is 5.88 Å². The number of benzene rings is 1. The number of sulfonamides is 1. The van der Waals surface area contributed by atoms with E-state index in [2.05, 4.69) is 40.3 Å². The lowest BCUT2D eigenvalue weighted by Gasteiger charge is -2.22. The lowest BCUT2D eigenvalue weighted by Crippen LogP contribution is -2.42. The van der Waals surface area contributed by atoms with Crippen LogP contribution in [0, 0.1) is 6.92 Å². The highest BCUT2D eigenvalue weighted by atomic mass is 79.9. The molecular formula is C25H34BrN3O4SSi. The summed E-state index contributed by atoms with van der Waals surface area (Å²) < 4.78 is 43.6. The average molecular weight is 581 g/mol. The number of aromatic nitrogens is 2. The van der Waals surface area contributed by atoms with Gasteiger partial charge in [0.1, 0.15) is 18.5 Å². The van der Waals surface area contributed by atoms with E-state index in [1.54, 1.807) is 24.3 Å². The summed E-state index contributed by atoms with van der Waals surface area (Å²) in [5.41, 5.74) is 1.80. The van der Waals surface area contributed by atoms with Crippen molar-refractivity contribution in [3.05, 3.63) is 52.6 Å². The van der Waals surface area contributed by atoms with Crippen LogP contribution >= 0.6 is 15.9 Å². The lowest BCUT2D eigenvalue weighted by atomic mass is 10.2. The Morgan fingerprint density at radius 1 is 1.17 bits per heavy atom. The monoisotopic (exact) mass is 579 g/mol. The van der Waals surface area contributed by atoms with E-state index in [4.69, 9.17) is 14.5 Å². The van der Waals surface area contributed by atoms with Crippen LogP contribution in [0.1, 0.15) is 24.8 Å². The molecule has 1 fully saturated rings. The highest BCUT2D eigenvalue weighted by Gasteiger charge is 2.33. The molecule has 0 radical (unpaired) electrons. The van der Waals surface area contributed by atoms with Gasteiger partial charge in [-0.3, -0.25) is 0 Å². The number of nitrogens with zero attached hydrogens (tertiary/aromatic N) is 2. The molecule has 1 aromatic carbocycles. The van der Waals surface area contributed by atoms with E-state index < -0.39 is 18.1 Å². The predicted molar refractivity (Wildman–Crippen MR) is 145 cm³/mol. The van der Waals surface area contributed by atoms with Crippen molar-refractivity contribution in [1.29, 1.82) is 0 Å². The lowest BCUT2D eigenvalue weighted by molar-refractivity contribution is 0.0897. The van der Waals surface area contributed by atoms with Crippen molar-refractivity contribution < 1.29 is 17.9 Å². The van der Waals surface area contributed by atoms with Gasteiger partial charge in [0.2, 0.25) is 15.9 Å². The number of rotatable bonds is 10. The molecule has 0 spiro atoms. The van der Waals surface area contributed by atoms with E-state index in [-0.39, 0.29) is 17.0 Å². The molecule has 190 valence electrons. The standard InChI is InChI=1S/C25H34BrN3O4SSi/c1-18-8-10-20(11-9-18)34(30,31)28-22-6-5-7-23(22)33-25-21(26)16-19-12-13-29(24(19)27-25)17-32-14-15-35(2,3)4/h8-13,16,22-23,28H,5-7,14-15,17H2,1-4H3. The van der Waals surface area contributed by atoms with Crippen molar-refractivity contribution in [3.8, 4) is 5.88 Å². The van der Waals surface area contributed by atoms with Gasteiger partial charge in [-0.1, -0.05) is 37.3 Å². The van der Waals surface area contributed by atoms with Crippen molar-refractivity contribution in [2.45, 2.75) is 75.6 Å². The second kappa shape index (κ2) is 10.7. The largest absolute Gasteiger partial charge is 0.472 e. The third-order valence-corrected chi connectivity index (χ3v) is 10.0. The Bertz CT molecular complexity index is 1270. The second-order valence-corrected chi connectivity index (χ2v) is 18.6. The fraction of sp³-hybridized carbons (Fsp3) is 0.480. The molecule has 35 heavy (non-hydrogen) atoms. The Hall–Kier alpha value is -1.72. The highest BCUT2D eigenvalue weighted by Crippen LogP contribution is 2.32. The first-order valence-electron chi connectivity index (χ1n) is 12.0. The van der Waals surface area contributed by atoms with Gasteiger partial charge < -0.3 is 14.0 Å². The van der Waals surface area contributed by atoms with Crippen LogP contribution < -0.4 is 9.46 Å². The maximum absolute atomic E-state index is 12.9. The molecule has 2 aromatic heterocycles. The van der Waals surface area contributed by atoms with Crippen LogP contribution in [-0.4, -0.2) is 44.8 Å². The second-order valence-electron chi connectivity index (χ2n) is 10.4. The summed E-state index contributed by atoms with van der Waals surface area (Å²) in [5.74, 6) is 0.464. The van der Waals surface area contributed by atoms with E-state index in [1.165, 1.54) is 0 Å². The van der Waals surface area contributed by atoms with Crippen LogP contribution in [0.25, 0.3) is 11.0 Å². The number of aryl methyl sites for hydroxylation is 1. The molecule has 1 aliphatic rings. The summed E-state index contributed by atoms with van der Waals surface area (Å²) in [6, 6.07) is 11.7. The molecule has 2 unspecified atom stereocenters. The van der Waals surface area contributed by atoms with Gasteiger partial charge in [0, 0.05) is 26.3 Å². The molecule has 7 nitrogen and oxygen atoms in total. The van der Waals surface area contributed by atoms with Crippen LogP contribution in [0.2, 0.25) is 25.7 Å². The van der Waals surface area contributed by atoms with Gasteiger partial charge in [0.15, 0.2) is 0 Å². The van der Waals surface area contributed by atoms with Crippen LogP contribution in [-0.2, 0) is 21.5 Å². The summed E-state index contributed by atoms with van der Waals surface area (Å²) in [7, 11) is -4.77. The third-order valence-electron chi connectivity index (χ3n) is 6.24. The highest BCUT2D eigenvalue weighted by molar-refractivity contribution is 9.10. The van der Waals surface area contributed by atoms with E-state index in [1.807, 2.05) is 29.8 Å². The number of ether oxygens (including phenoxy) is 2. The van der Waals surface area contributed by atoms with E-state index in [0.717, 1.165) is 53.0 Å². The molecule has 3 aromatic rings. The summed E-state index contributed by atoms with van der Waals surface area (Å²) in [6.07, 6.45) is 4.03. The molecular weight excluding hydrogens is 546 g/mol. The topological polar surface area (TPSA) is 82.5 Å². The zero-order valence-corrected chi connectivity index (χ0v) is 24.2. The molecule has 0 saturated heterocycles. The fourth-order valence-electron chi connectivity index (χ4n) is 4.13. The Morgan fingerprint density at radius 2 is 1.91 bits per heavy atom. The molecule has 1 N–H and O–H groups in total. The van der Waals surface area contributed by atoms with Crippen LogP contribution in [0.4, 0.5) is 0 Å². The zero-order valence-electron chi connectivity index (χ0n) is 20.8. The van der Waals surface area contributed by atoms with Crippen LogP contribution in [0.3, 0.4) is 0 Å². The minimum atomic E-state index is -3.63. The molecule has 0 amide bonds. The van der Waals surface area contributed by atoms with Gasteiger partial charge in [-0.2, -0.15) is 4.98 Å². The van der Waals surface area contributed by atoms with Gasteiger partial charge >= 0.3 is 0 Å². The Balaban J connectivity index is 1.47. The van der Waals surface area contributed by atoms with Gasteiger partial charge in [-0.05, 0) is 72.4 Å². The van der Waals surface area contributed by atoms with Gasteiger partial charge in [0.25, 0.3) is 0 Å². The number of halogens is 1. The minimum absolute atomic E-state index is 0.265.